The molecule has 1 atom stereocenters. The largest absolute Gasteiger partial charge is 0.392 e. The molecule has 3 aromatic rings. The van der Waals surface area contributed by atoms with E-state index in [0.717, 1.165) is 12.8 Å². The summed E-state index contributed by atoms with van der Waals surface area (Å²) in [6, 6.07) is 17.3. The maximum atomic E-state index is 9.82. The molecule has 1 aliphatic carbocycles. The molecule has 0 aromatic heterocycles. The molecule has 5 heteroatoms. The van der Waals surface area contributed by atoms with E-state index in [1.54, 1.807) is 0 Å². The van der Waals surface area contributed by atoms with E-state index >= 15 is 0 Å². The van der Waals surface area contributed by atoms with Gasteiger partial charge in [0.15, 0.2) is 0 Å². The van der Waals surface area contributed by atoms with Crippen molar-refractivity contribution in [1.82, 2.24) is 0 Å². The number of hydrogen-bond donors (Lipinski definition) is 2. The van der Waals surface area contributed by atoms with Crippen LogP contribution in [0.4, 0.5) is 0 Å². The summed E-state index contributed by atoms with van der Waals surface area (Å²) in [7, 11) is -3.67. The average Bonchev–Trinajstić information content (AvgIpc) is 2.85. The Kier molecular flexibility index (Phi) is 4.10. The van der Waals surface area contributed by atoms with Gasteiger partial charge >= 0.3 is 0 Å². The molecular formula is C18H18O4S. The van der Waals surface area contributed by atoms with Gasteiger partial charge in [0.1, 0.15) is 0 Å². The zero-order chi connectivity index (χ0) is 16.6. The molecule has 0 aliphatic heterocycles. The molecule has 0 heterocycles. The van der Waals surface area contributed by atoms with Crippen molar-refractivity contribution >= 4 is 31.7 Å². The molecule has 23 heavy (non-hydrogen) atoms. The van der Waals surface area contributed by atoms with Crippen molar-refractivity contribution in [2.45, 2.75) is 18.9 Å². The van der Waals surface area contributed by atoms with Crippen LogP contribution in [0.5, 0.6) is 0 Å². The van der Waals surface area contributed by atoms with Crippen molar-refractivity contribution in [3.05, 3.63) is 59.7 Å². The highest BCUT2D eigenvalue weighted by Gasteiger charge is 2.21. The van der Waals surface area contributed by atoms with Crippen molar-refractivity contribution in [3.8, 4) is 0 Å². The molecule has 0 saturated carbocycles. The van der Waals surface area contributed by atoms with Crippen LogP contribution in [0.3, 0.4) is 0 Å². The highest BCUT2D eigenvalue weighted by atomic mass is 32.2. The second-order valence-corrected chi connectivity index (χ2v) is 7.35. The predicted molar refractivity (Wildman–Crippen MR) is 92.3 cm³/mol. The van der Waals surface area contributed by atoms with Crippen molar-refractivity contribution in [2.24, 2.45) is 0 Å². The summed E-state index contributed by atoms with van der Waals surface area (Å²) in [4.78, 5) is 0. The second kappa shape index (κ2) is 5.92. The highest BCUT2D eigenvalue weighted by molar-refractivity contribution is 7.85. The number of rotatable bonds is 0. The molecule has 1 unspecified atom stereocenters. The lowest BCUT2D eigenvalue weighted by Gasteiger charge is -2.08. The molecule has 0 amide bonds. The van der Waals surface area contributed by atoms with Crippen molar-refractivity contribution in [3.63, 3.8) is 0 Å². The lowest BCUT2D eigenvalue weighted by atomic mass is 9.96. The van der Waals surface area contributed by atoms with E-state index in [0.29, 0.717) is 6.26 Å². The summed E-state index contributed by atoms with van der Waals surface area (Å²) < 4.78 is 25.9. The monoisotopic (exact) mass is 330 g/mol. The Balaban J connectivity index is 0.000000276. The fourth-order valence-electron chi connectivity index (χ4n) is 3.19. The Morgan fingerprint density at radius 1 is 0.913 bits per heavy atom. The Bertz CT molecular complexity index is 969. The predicted octanol–water partition coefficient (Wildman–Crippen LogP) is 2.96. The topological polar surface area (TPSA) is 74.6 Å². The quantitative estimate of drug-likeness (QED) is 0.491. The Labute approximate surface area is 135 Å². The standard InChI is InChI=1S/C17H14O.CH4O3S/c18-13-9-12-6-8-15-14-4-2-1-3-11(14)5-7-16(15)17(12)10-13;1-5(2,3)4/h1-8,13,18H,9-10H2;1H3,(H,2,3,4). The average molecular weight is 330 g/mol. The van der Waals surface area contributed by atoms with Crippen molar-refractivity contribution in [1.29, 1.82) is 0 Å². The zero-order valence-corrected chi connectivity index (χ0v) is 13.5. The van der Waals surface area contributed by atoms with Gasteiger partial charge in [-0.25, -0.2) is 0 Å². The first-order valence-electron chi connectivity index (χ1n) is 7.35. The Morgan fingerprint density at radius 2 is 1.57 bits per heavy atom. The van der Waals surface area contributed by atoms with Gasteiger partial charge in [0.05, 0.1) is 12.4 Å². The first-order valence-corrected chi connectivity index (χ1v) is 9.20. The minimum atomic E-state index is -3.67. The van der Waals surface area contributed by atoms with Gasteiger partial charge in [0, 0.05) is 0 Å². The molecular weight excluding hydrogens is 312 g/mol. The molecule has 3 aromatic carbocycles. The van der Waals surface area contributed by atoms with Gasteiger partial charge in [-0.05, 0) is 45.5 Å². The Morgan fingerprint density at radius 3 is 2.30 bits per heavy atom. The van der Waals surface area contributed by atoms with Gasteiger partial charge in [0.2, 0.25) is 0 Å². The third kappa shape index (κ3) is 3.52. The van der Waals surface area contributed by atoms with Crippen LogP contribution in [-0.4, -0.2) is 30.4 Å². The molecule has 4 rings (SSSR count). The SMILES string of the molecule is CS(=O)(=O)O.OC1Cc2ccc3c(ccc4ccccc43)c2C1. The maximum Gasteiger partial charge on any atom is 0.261 e. The first-order chi connectivity index (χ1) is 10.8. The molecule has 0 bridgehead atoms. The highest BCUT2D eigenvalue weighted by Crippen LogP contribution is 2.33. The van der Waals surface area contributed by atoms with Gasteiger partial charge < -0.3 is 5.11 Å². The van der Waals surface area contributed by atoms with E-state index in [9.17, 15) is 13.5 Å². The summed E-state index contributed by atoms with van der Waals surface area (Å²) in [5, 5.41) is 15.0. The van der Waals surface area contributed by atoms with E-state index in [1.165, 1.54) is 32.7 Å². The molecule has 0 saturated heterocycles. The first kappa shape index (κ1) is 15.9. The number of aliphatic hydroxyl groups excluding tert-OH is 1. The van der Waals surface area contributed by atoms with Crippen LogP contribution >= 0.6 is 0 Å². The fourth-order valence-corrected chi connectivity index (χ4v) is 3.19. The number of hydrogen-bond acceptors (Lipinski definition) is 3. The molecule has 1 aliphatic rings. The van der Waals surface area contributed by atoms with Crippen LogP contribution in [-0.2, 0) is 23.0 Å². The summed E-state index contributed by atoms with van der Waals surface area (Å²) in [6.07, 6.45) is 2.12. The number of benzene rings is 3. The van der Waals surface area contributed by atoms with Crippen LogP contribution in [0.2, 0.25) is 0 Å². The van der Waals surface area contributed by atoms with Gasteiger partial charge in [-0.1, -0.05) is 48.5 Å². The van der Waals surface area contributed by atoms with Crippen LogP contribution in [0, 0.1) is 0 Å². The van der Waals surface area contributed by atoms with Crippen molar-refractivity contribution in [2.75, 3.05) is 6.26 Å². The van der Waals surface area contributed by atoms with Gasteiger partial charge in [-0.3, -0.25) is 4.55 Å². The summed E-state index contributed by atoms with van der Waals surface area (Å²) >= 11 is 0. The third-order valence-corrected chi connectivity index (χ3v) is 4.03. The summed E-state index contributed by atoms with van der Waals surface area (Å²) in [6.45, 7) is 0. The van der Waals surface area contributed by atoms with E-state index in [-0.39, 0.29) is 6.10 Å². The minimum Gasteiger partial charge on any atom is -0.392 e. The molecule has 4 nitrogen and oxygen atoms in total. The van der Waals surface area contributed by atoms with Crippen molar-refractivity contribution < 1.29 is 18.1 Å². The van der Waals surface area contributed by atoms with Crippen LogP contribution < -0.4 is 0 Å². The van der Waals surface area contributed by atoms with Crippen LogP contribution in [0.1, 0.15) is 11.1 Å². The fraction of sp³-hybridized carbons (Fsp3) is 0.222. The van der Waals surface area contributed by atoms with Gasteiger partial charge in [0.25, 0.3) is 10.1 Å². The second-order valence-electron chi connectivity index (χ2n) is 5.88. The summed E-state index contributed by atoms with van der Waals surface area (Å²) in [5.74, 6) is 0. The summed E-state index contributed by atoms with van der Waals surface area (Å²) in [5.41, 5.74) is 2.65. The molecule has 2 N–H and O–H groups in total. The smallest absolute Gasteiger partial charge is 0.261 e. The lowest BCUT2D eigenvalue weighted by Crippen LogP contribution is -2.03. The number of aliphatic hydroxyl groups is 1. The van der Waals surface area contributed by atoms with E-state index in [2.05, 4.69) is 48.5 Å². The maximum absolute atomic E-state index is 9.82. The van der Waals surface area contributed by atoms with Crippen LogP contribution in [0.25, 0.3) is 21.5 Å². The minimum absolute atomic E-state index is 0.197. The van der Waals surface area contributed by atoms with Gasteiger partial charge in [-0.2, -0.15) is 8.42 Å². The normalized spacial score (nSPS) is 16.9. The van der Waals surface area contributed by atoms with E-state index in [1.807, 2.05) is 0 Å². The Hall–Kier alpha value is -1.95. The molecule has 0 spiro atoms. The zero-order valence-electron chi connectivity index (χ0n) is 12.7. The molecule has 120 valence electrons. The molecule has 0 radical (unpaired) electrons. The van der Waals surface area contributed by atoms with Crippen LogP contribution in [0.15, 0.2) is 48.5 Å². The van der Waals surface area contributed by atoms with Gasteiger partial charge in [-0.15, -0.1) is 0 Å². The lowest BCUT2D eigenvalue weighted by molar-refractivity contribution is 0.187. The van der Waals surface area contributed by atoms with E-state index < -0.39 is 10.1 Å². The third-order valence-electron chi connectivity index (χ3n) is 4.03. The number of fused-ring (bicyclic) bond motifs is 5. The van der Waals surface area contributed by atoms with E-state index in [4.69, 9.17) is 4.55 Å². The molecule has 0 fully saturated rings.